The van der Waals surface area contributed by atoms with Gasteiger partial charge in [-0.15, -0.1) is 34.7 Å². The minimum atomic E-state index is -0.115. The Morgan fingerprint density at radius 1 is 0.649 bits per heavy atom. The molecule has 1 aliphatic rings. The van der Waals surface area contributed by atoms with Gasteiger partial charge >= 0.3 is 21.1 Å². The van der Waals surface area contributed by atoms with Crippen LogP contribution < -0.4 is 4.74 Å². The molecule has 0 saturated carbocycles. The van der Waals surface area contributed by atoms with Gasteiger partial charge in [0.1, 0.15) is 5.82 Å². The Morgan fingerprint density at radius 2 is 1.28 bits per heavy atom. The van der Waals surface area contributed by atoms with Gasteiger partial charge in [-0.1, -0.05) is 153 Å². The Labute approximate surface area is 357 Å². The molecule has 7 aromatic rings. The zero-order valence-electron chi connectivity index (χ0n) is 34.4. The van der Waals surface area contributed by atoms with Crippen LogP contribution in [0.5, 0.6) is 11.5 Å². The largest absolute Gasteiger partial charge is 2.00 e. The molecule has 1 aliphatic heterocycles. The molecule has 1 atom stereocenters. The smallest absolute Gasteiger partial charge is 0.503 e. The number of ether oxygens (including phenoxy) is 1. The van der Waals surface area contributed by atoms with Crippen LogP contribution in [-0.4, -0.2) is 26.4 Å². The maximum atomic E-state index is 6.77. The molecule has 4 nitrogen and oxygen atoms in total. The zero-order valence-corrected chi connectivity index (χ0v) is 37.5. The molecule has 0 N–H and O–H groups in total. The maximum absolute atomic E-state index is 6.77. The van der Waals surface area contributed by atoms with Crippen molar-refractivity contribution in [3.8, 4) is 17.3 Å². The molecule has 2 aromatic heterocycles. The fourth-order valence-electron chi connectivity index (χ4n) is 7.63. The number of thioether (sulfide) groups is 1. The minimum absolute atomic E-state index is 0. The molecule has 8 rings (SSSR count). The summed E-state index contributed by atoms with van der Waals surface area (Å²) in [5.41, 5.74) is 9.12. The molecule has 0 aliphatic carbocycles. The van der Waals surface area contributed by atoms with E-state index < -0.39 is 0 Å². The van der Waals surface area contributed by atoms with E-state index in [1.165, 1.54) is 33.2 Å². The van der Waals surface area contributed by atoms with Crippen LogP contribution in [-0.2, 0) is 37.3 Å². The van der Waals surface area contributed by atoms with Crippen LogP contribution in [0.3, 0.4) is 0 Å². The second-order valence-electron chi connectivity index (χ2n) is 18.2. The van der Waals surface area contributed by atoms with Crippen molar-refractivity contribution in [2.45, 2.75) is 90.5 Å². The van der Waals surface area contributed by atoms with Crippen LogP contribution in [0.25, 0.3) is 27.6 Å². The van der Waals surface area contributed by atoms with E-state index in [2.05, 4.69) is 188 Å². The van der Waals surface area contributed by atoms with Gasteiger partial charge in [-0.2, -0.15) is 17.8 Å². The molecule has 6 heteroatoms. The van der Waals surface area contributed by atoms with Gasteiger partial charge in [-0.3, -0.25) is 0 Å². The van der Waals surface area contributed by atoms with Gasteiger partial charge in [0.25, 0.3) is 0 Å². The summed E-state index contributed by atoms with van der Waals surface area (Å²) in [4.78, 5) is 10.3. The number of hydrogen-bond acceptors (Lipinski definition) is 4. The molecular formula is C51H51N3OPtS. The van der Waals surface area contributed by atoms with E-state index in [4.69, 9.17) is 14.7 Å². The molecule has 0 spiro atoms. The molecule has 0 unspecified atom stereocenters. The second kappa shape index (κ2) is 15.7. The van der Waals surface area contributed by atoms with Gasteiger partial charge in [0.05, 0.1) is 6.04 Å². The number of nitrogens with zero attached hydrogens (tertiary/aromatic N) is 3. The number of benzene rings is 5. The molecule has 5 aromatic carbocycles. The van der Waals surface area contributed by atoms with Gasteiger partial charge in [-0.25, -0.2) is 4.98 Å². The number of rotatable bonds is 7. The quantitative estimate of drug-likeness (QED) is 0.150. The fraction of sp³-hybridized carbons (Fsp3) is 0.294. The Morgan fingerprint density at radius 3 is 1.91 bits per heavy atom. The maximum Gasteiger partial charge on any atom is 2.00 e. The number of aliphatic imine (C=N–C) groups is 1. The monoisotopic (exact) mass is 948 g/mol. The van der Waals surface area contributed by atoms with E-state index in [0.717, 1.165) is 38.6 Å². The standard InChI is InChI=1S/C51H51N3OS.Pt/c1-49(2,3)36-20-23-44-42(29-36)41-22-21-39(31-45(41)54(44)46-30-37(24-25-52-46)50(4,5)6)55-40-27-35(26-38(28-40)51(7,8)9)48-53-43(32-56-48)47(33-16-12-10-13-17-33)34-18-14-11-15-19-34;/h10-26,28-30,43,47H,32H2,1-9H3;/q-2;+2/t43-;/m0./s1. The average Bonchev–Trinajstić information content (AvgIpc) is 3.77. The second-order valence-corrected chi connectivity index (χ2v) is 19.2. The molecule has 0 saturated heterocycles. The number of fused-ring (bicyclic) bond motifs is 3. The number of pyridine rings is 1. The average molecular weight is 949 g/mol. The third-order valence-corrected chi connectivity index (χ3v) is 12.0. The summed E-state index contributed by atoms with van der Waals surface area (Å²) in [5, 5.41) is 3.29. The molecule has 0 fully saturated rings. The van der Waals surface area contributed by atoms with E-state index in [9.17, 15) is 0 Å². The Balaban J connectivity index is 0.00000496. The van der Waals surface area contributed by atoms with Gasteiger partial charge < -0.3 is 14.3 Å². The summed E-state index contributed by atoms with van der Waals surface area (Å²) < 4.78 is 9.01. The van der Waals surface area contributed by atoms with Crippen molar-refractivity contribution < 1.29 is 25.8 Å². The summed E-state index contributed by atoms with van der Waals surface area (Å²) in [7, 11) is 0. The summed E-state index contributed by atoms with van der Waals surface area (Å²) >= 11 is 1.81. The van der Waals surface area contributed by atoms with Crippen molar-refractivity contribution in [1.82, 2.24) is 9.55 Å². The first-order valence-corrected chi connectivity index (χ1v) is 20.7. The van der Waals surface area contributed by atoms with Crippen molar-refractivity contribution >= 4 is 38.6 Å². The minimum Gasteiger partial charge on any atom is -0.503 e. The molecule has 3 heterocycles. The van der Waals surface area contributed by atoms with Crippen molar-refractivity contribution in [3.05, 3.63) is 167 Å². The molecule has 57 heavy (non-hydrogen) atoms. The summed E-state index contributed by atoms with van der Waals surface area (Å²) in [6.45, 7) is 20.2. The molecule has 0 amide bonds. The van der Waals surface area contributed by atoms with Gasteiger partial charge in [0.15, 0.2) is 0 Å². The van der Waals surface area contributed by atoms with Crippen LogP contribution in [0.1, 0.15) is 102 Å². The Kier molecular flexibility index (Phi) is 11.2. The van der Waals surface area contributed by atoms with Crippen LogP contribution >= 0.6 is 11.8 Å². The first-order chi connectivity index (χ1) is 26.6. The van der Waals surface area contributed by atoms with E-state index >= 15 is 0 Å². The zero-order chi connectivity index (χ0) is 39.4. The van der Waals surface area contributed by atoms with Gasteiger partial charge in [-0.05, 0) is 62.1 Å². The van der Waals surface area contributed by atoms with Crippen molar-refractivity contribution in [2.75, 3.05) is 5.75 Å². The first kappa shape index (κ1) is 40.7. The van der Waals surface area contributed by atoms with E-state index in [-0.39, 0.29) is 49.3 Å². The molecule has 0 bridgehead atoms. The predicted octanol–water partition coefficient (Wildman–Crippen LogP) is 13.2. The van der Waals surface area contributed by atoms with Crippen LogP contribution in [0.2, 0.25) is 0 Å². The molecular weight excluding hydrogens is 898 g/mol. The van der Waals surface area contributed by atoms with Crippen LogP contribution in [0.4, 0.5) is 0 Å². The third kappa shape index (κ3) is 8.43. The SMILES string of the molecule is CC(C)(C)c1cc(Oc2[c-]c3c(cc2)c2cc(C(C)(C)C)ccc2n3-c2cc(C(C)(C)C)ccn2)[c-]c(C2=N[C@H](C(c3ccccc3)c3ccccc3)CS2)c1.[Pt+2]. The number of hydrogen-bond donors (Lipinski definition) is 0. The molecule has 0 radical (unpaired) electrons. The normalized spacial score (nSPS) is 14.9. The summed E-state index contributed by atoms with van der Waals surface area (Å²) in [6, 6.07) is 48.7. The number of aromatic nitrogens is 2. The van der Waals surface area contributed by atoms with Gasteiger partial charge in [0.2, 0.25) is 0 Å². The fourth-order valence-corrected chi connectivity index (χ4v) is 8.70. The van der Waals surface area contributed by atoms with Crippen molar-refractivity contribution in [2.24, 2.45) is 4.99 Å². The van der Waals surface area contributed by atoms with E-state index in [0.29, 0.717) is 11.5 Å². The summed E-state index contributed by atoms with van der Waals surface area (Å²) in [6.07, 6.45) is 1.92. The third-order valence-electron chi connectivity index (χ3n) is 10.9. The van der Waals surface area contributed by atoms with E-state index in [1.807, 2.05) is 24.0 Å². The van der Waals surface area contributed by atoms with Crippen LogP contribution in [0.15, 0.2) is 126 Å². The van der Waals surface area contributed by atoms with Crippen LogP contribution in [0, 0.1) is 12.1 Å². The first-order valence-electron chi connectivity index (χ1n) is 19.7. The predicted molar refractivity (Wildman–Crippen MR) is 236 cm³/mol. The van der Waals surface area contributed by atoms with E-state index in [1.54, 1.807) is 0 Å². The van der Waals surface area contributed by atoms with Crippen molar-refractivity contribution in [1.29, 1.82) is 0 Å². The Hall–Kier alpha value is -4.44. The molecule has 292 valence electrons. The van der Waals surface area contributed by atoms with Crippen molar-refractivity contribution in [3.63, 3.8) is 0 Å². The van der Waals surface area contributed by atoms with Gasteiger partial charge in [0, 0.05) is 39.9 Å². The Bertz CT molecular complexity index is 2530. The summed E-state index contributed by atoms with van der Waals surface area (Å²) in [5.74, 6) is 3.21. The topological polar surface area (TPSA) is 39.4 Å².